The van der Waals surface area contributed by atoms with Gasteiger partial charge in [0.05, 0.1) is 31.4 Å². The van der Waals surface area contributed by atoms with E-state index in [9.17, 15) is 5.11 Å². The molecule has 0 radical (unpaired) electrons. The van der Waals surface area contributed by atoms with Gasteiger partial charge in [0, 0.05) is 11.6 Å². The lowest BCUT2D eigenvalue weighted by Crippen LogP contribution is -1.93. The van der Waals surface area contributed by atoms with Crippen LogP contribution < -0.4 is 15.2 Å². The molecule has 0 bridgehead atoms. The zero-order chi connectivity index (χ0) is 13.1. The van der Waals surface area contributed by atoms with Crippen LogP contribution in [0.2, 0.25) is 0 Å². The number of hydrogen-bond acceptors (Lipinski definition) is 6. The molecule has 96 valence electrons. The predicted octanol–water partition coefficient (Wildman–Crippen LogP) is 1.90. The lowest BCUT2D eigenvalue weighted by molar-refractivity contribution is 0.286. The van der Waals surface area contributed by atoms with Crippen LogP contribution >= 0.6 is 11.3 Å². The second-order valence-corrected chi connectivity index (χ2v) is 4.66. The highest BCUT2D eigenvalue weighted by Gasteiger charge is 2.15. The minimum atomic E-state index is -0.0978. The third kappa shape index (κ3) is 2.25. The van der Waals surface area contributed by atoms with Crippen LogP contribution in [0, 0.1) is 0 Å². The lowest BCUT2D eigenvalue weighted by Gasteiger charge is -2.09. The van der Waals surface area contributed by atoms with E-state index >= 15 is 0 Å². The van der Waals surface area contributed by atoms with Gasteiger partial charge in [-0.3, -0.25) is 0 Å². The Balaban J connectivity index is 2.55. The lowest BCUT2D eigenvalue weighted by atomic mass is 10.1. The number of nitrogens with zero attached hydrogens (tertiary/aromatic N) is 1. The van der Waals surface area contributed by atoms with Crippen molar-refractivity contribution in [3.8, 4) is 22.8 Å². The SMILES string of the molecule is COc1ccc(-c2nc(N)sc2CO)c(OC)c1. The number of nitrogens with two attached hydrogens (primary N) is 1. The summed E-state index contributed by atoms with van der Waals surface area (Å²) in [6, 6.07) is 5.42. The molecule has 18 heavy (non-hydrogen) atoms. The van der Waals surface area contributed by atoms with Crippen molar-refractivity contribution in [3.63, 3.8) is 0 Å². The van der Waals surface area contributed by atoms with E-state index in [1.807, 2.05) is 12.1 Å². The molecule has 6 heteroatoms. The van der Waals surface area contributed by atoms with Gasteiger partial charge >= 0.3 is 0 Å². The highest BCUT2D eigenvalue weighted by Crippen LogP contribution is 2.37. The van der Waals surface area contributed by atoms with Gasteiger partial charge < -0.3 is 20.3 Å². The smallest absolute Gasteiger partial charge is 0.180 e. The van der Waals surface area contributed by atoms with E-state index in [2.05, 4.69) is 4.98 Å². The van der Waals surface area contributed by atoms with Gasteiger partial charge in [-0.2, -0.15) is 0 Å². The molecule has 1 aromatic carbocycles. The molecule has 5 nitrogen and oxygen atoms in total. The maximum Gasteiger partial charge on any atom is 0.180 e. The van der Waals surface area contributed by atoms with E-state index in [1.54, 1.807) is 20.3 Å². The van der Waals surface area contributed by atoms with Gasteiger partial charge in [0.15, 0.2) is 5.13 Å². The standard InChI is InChI=1S/C12H14N2O3S/c1-16-7-3-4-8(9(5-7)17-2)11-10(6-15)18-12(13)14-11/h3-5,15H,6H2,1-2H3,(H2,13,14). The van der Waals surface area contributed by atoms with Gasteiger partial charge in [-0.1, -0.05) is 11.3 Å². The third-order valence-corrected chi connectivity index (χ3v) is 3.39. The Morgan fingerprint density at radius 1 is 1.33 bits per heavy atom. The summed E-state index contributed by atoms with van der Waals surface area (Å²) in [5.41, 5.74) is 7.11. The maximum absolute atomic E-state index is 9.31. The number of rotatable bonds is 4. The largest absolute Gasteiger partial charge is 0.497 e. The van der Waals surface area contributed by atoms with Crippen LogP contribution in [0.4, 0.5) is 5.13 Å². The molecule has 0 fully saturated rings. The number of thiazole rings is 1. The summed E-state index contributed by atoms with van der Waals surface area (Å²) in [5, 5.41) is 9.73. The molecule has 2 rings (SSSR count). The van der Waals surface area contributed by atoms with Gasteiger partial charge in [-0.25, -0.2) is 4.98 Å². The second kappa shape index (κ2) is 5.24. The molecule has 0 atom stereocenters. The molecule has 1 aromatic heterocycles. The van der Waals surface area contributed by atoms with Crippen molar-refractivity contribution >= 4 is 16.5 Å². The first-order valence-corrected chi connectivity index (χ1v) is 6.09. The third-order valence-electron chi connectivity index (χ3n) is 2.52. The van der Waals surface area contributed by atoms with Crippen LogP contribution in [-0.2, 0) is 6.61 Å². The first kappa shape index (κ1) is 12.7. The number of hydrogen-bond donors (Lipinski definition) is 2. The second-order valence-electron chi connectivity index (χ2n) is 3.55. The Hall–Kier alpha value is -1.79. The molecule has 0 saturated carbocycles. The fraction of sp³-hybridized carbons (Fsp3) is 0.250. The molecule has 0 aliphatic carbocycles. The van der Waals surface area contributed by atoms with Gasteiger partial charge in [0.25, 0.3) is 0 Å². The number of nitrogen functional groups attached to an aromatic ring is 1. The minimum absolute atomic E-state index is 0.0978. The first-order valence-electron chi connectivity index (χ1n) is 5.28. The molecule has 0 aliphatic heterocycles. The van der Waals surface area contributed by atoms with Crippen LogP contribution in [0.5, 0.6) is 11.5 Å². The number of aliphatic hydroxyl groups is 1. The number of anilines is 1. The van der Waals surface area contributed by atoms with Gasteiger partial charge in [-0.05, 0) is 12.1 Å². The van der Waals surface area contributed by atoms with E-state index in [-0.39, 0.29) is 6.61 Å². The number of methoxy groups -OCH3 is 2. The summed E-state index contributed by atoms with van der Waals surface area (Å²) in [5.74, 6) is 1.33. The average Bonchev–Trinajstić information content (AvgIpc) is 2.78. The molecule has 3 N–H and O–H groups in total. The highest BCUT2D eigenvalue weighted by atomic mass is 32.1. The van der Waals surface area contributed by atoms with Crippen molar-refractivity contribution in [1.82, 2.24) is 4.98 Å². The van der Waals surface area contributed by atoms with Gasteiger partial charge in [0.1, 0.15) is 11.5 Å². The predicted molar refractivity (Wildman–Crippen MR) is 71.0 cm³/mol. The fourth-order valence-corrected chi connectivity index (χ4v) is 2.39. The molecule has 0 saturated heterocycles. The van der Waals surface area contributed by atoms with Crippen molar-refractivity contribution in [1.29, 1.82) is 0 Å². The summed E-state index contributed by atoms with van der Waals surface area (Å²) >= 11 is 1.27. The van der Waals surface area contributed by atoms with Crippen molar-refractivity contribution in [2.45, 2.75) is 6.61 Å². The Morgan fingerprint density at radius 2 is 2.11 bits per heavy atom. The van der Waals surface area contributed by atoms with Crippen LogP contribution in [0.25, 0.3) is 11.3 Å². The summed E-state index contributed by atoms with van der Waals surface area (Å²) in [4.78, 5) is 4.95. The number of aromatic nitrogens is 1. The zero-order valence-corrected chi connectivity index (χ0v) is 11.0. The van der Waals surface area contributed by atoms with Crippen molar-refractivity contribution < 1.29 is 14.6 Å². The first-order chi connectivity index (χ1) is 8.69. The molecule has 0 aliphatic rings. The van der Waals surface area contributed by atoms with E-state index in [0.717, 1.165) is 10.4 Å². The number of ether oxygens (including phenoxy) is 2. The number of aliphatic hydroxyl groups excluding tert-OH is 1. The summed E-state index contributed by atoms with van der Waals surface area (Å²) in [6.45, 7) is -0.0978. The Morgan fingerprint density at radius 3 is 2.72 bits per heavy atom. The number of benzene rings is 1. The summed E-state index contributed by atoms with van der Waals surface area (Å²) in [6.07, 6.45) is 0. The highest BCUT2D eigenvalue weighted by molar-refractivity contribution is 7.15. The maximum atomic E-state index is 9.31. The van der Waals surface area contributed by atoms with Crippen LogP contribution in [0.15, 0.2) is 18.2 Å². The van der Waals surface area contributed by atoms with Crippen LogP contribution in [-0.4, -0.2) is 24.3 Å². The topological polar surface area (TPSA) is 77.6 Å². The molecule has 2 aromatic rings. The monoisotopic (exact) mass is 266 g/mol. The van der Waals surface area contributed by atoms with E-state index in [4.69, 9.17) is 15.2 Å². The molecular weight excluding hydrogens is 252 g/mol. The van der Waals surface area contributed by atoms with Crippen molar-refractivity contribution in [2.75, 3.05) is 20.0 Å². The van der Waals surface area contributed by atoms with Crippen LogP contribution in [0.3, 0.4) is 0 Å². The normalized spacial score (nSPS) is 10.4. The quantitative estimate of drug-likeness (QED) is 0.883. The van der Waals surface area contributed by atoms with Crippen molar-refractivity contribution in [2.24, 2.45) is 0 Å². The van der Waals surface area contributed by atoms with E-state index in [0.29, 0.717) is 22.3 Å². The Kier molecular flexibility index (Phi) is 3.69. The van der Waals surface area contributed by atoms with Gasteiger partial charge in [-0.15, -0.1) is 0 Å². The average molecular weight is 266 g/mol. The molecule has 0 spiro atoms. The van der Waals surface area contributed by atoms with Crippen LogP contribution in [0.1, 0.15) is 4.88 Å². The van der Waals surface area contributed by atoms with E-state index < -0.39 is 0 Å². The molecule has 1 heterocycles. The Labute approximate surface area is 109 Å². The minimum Gasteiger partial charge on any atom is -0.497 e. The fourth-order valence-electron chi connectivity index (χ4n) is 1.68. The van der Waals surface area contributed by atoms with Gasteiger partial charge in [0.2, 0.25) is 0 Å². The van der Waals surface area contributed by atoms with E-state index in [1.165, 1.54) is 11.3 Å². The Bertz CT molecular complexity index is 554. The molecule has 0 amide bonds. The van der Waals surface area contributed by atoms with Crippen molar-refractivity contribution in [3.05, 3.63) is 23.1 Å². The summed E-state index contributed by atoms with van der Waals surface area (Å²) < 4.78 is 10.5. The molecule has 0 unspecified atom stereocenters. The zero-order valence-electron chi connectivity index (χ0n) is 10.1. The summed E-state index contributed by atoms with van der Waals surface area (Å²) in [7, 11) is 3.17. The molecular formula is C12H14N2O3S.